The molecule has 0 saturated carbocycles. The average Bonchev–Trinajstić information content (AvgIpc) is 2.51. The van der Waals surface area contributed by atoms with Crippen LogP contribution < -0.4 is 14.2 Å². The van der Waals surface area contributed by atoms with Gasteiger partial charge in [0.05, 0.1) is 22.8 Å². The number of hydrogen-bond donors (Lipinski definition) is 1. The van der Waals surface area contributed by atoms with E-state index in [0.717, 1.165) is 0 Å². The number of anilines is 1. The van der Waals surface area contributed by atoms with Gasteiger partial charge in [0.15, 0.2) is 0 Å². The topological polar surface area (TPSA) is 64.6 Å². The molecule has 2 aromatic rings. The lowest BCUT2D eigenvalue weighted by molar-refractivity contribution is 0.340. The molecule has 5 nitrogen and oxygen atoms in total. The lowest BCUT2D eigenvalue weighted by Crippen LogP contribution is -2.21. The highest BCUT2D eigenvalue weighted by atomic mass is 35.5. The second kappa shape index (κ2) is 7.77. The zero-order valence-corrected chi connectivity index (χ0v) is 14.6. The van der Waals surface area contributed by atoms with Gasteiger partial charge in [0, 0.05) is 0 Å². The van der Waals surface area contributed by atoms with Crippen molar-refractivity contribution in [1.29, 1.82) is 0 Å². The van der Waals surface area contributed by atoms with Crippen LogP contribution in [0.25, 0.3) is 0 Å². The molecule has 0 aliphatic heterocycles. The van der Waals surface area contributed by atoms with Crippen molar-refractivity contribution in [2.45, 2.75) is 0 Å². The monoisotopic (exact) mass is 375 g/mol. The predicted octanol–water partition coefficient (Wildman–Crippen LogP) is 3.82. The maximum atomic E-state index is 12.0. The summed E-state index contributed by atoms with van der Waals surface area (Å²) in [7, 11) is -1.98. The number of ether oxygens (including phenoxy) is 2. The van der Waals surface area contributed by atoms with Crippen molar-refractivity contribution in [3.05, 3.63) is 52.5 Å². The molecule has 0 aromatic heterocycles. The van der Waals surface area contributed by atoms with E-state index >= 15 is 0 Å². The van der Waals surface area contributed by atoms with Crippen molar-refractivity contribution in [1.82, 2.24) is 0 Å². The molecule has 0 heterocycles. The first-order chi connectivity index (χ1) is 10.9. The van der Waals surface area contributed by atoms with Crippen molar-refractivity contribution < 1.29 is 17.9 Å². The van der Waals surface area contributed by atoms with E-state index in [2.05, 4.69) is 4.72 Å². The molecule has 0 saturated heterocycles. The molecule has 124 valence electrons. The van der Waals surface area contributed by atoms with Gasteiger partial charge in [0.25, 0.3) is 0 Å². The average molecular weight is 376 g/mol. The normalized spacial score (nSPS) is 11.1. The minimum atomic E-state index is -3.55. The highest BCUT2D eigenvalue weighted by Gasteiger charge is 2.12. The van der Waals surface area contributed by atoms with Crippen molar-refractivity contribution in [3.63, 3.8) is 0 Å². The fourth-order valence-corrected chi connectivity index (χ4v) is 2.92. The van der Waals surface area contributed by atoms with Crippen LogP contribution in [0.5, 0.6) is 11.5 Å². The summed E-state index contributed by atoms with van der Waals surface area (Å²) in [6.45, 7) is 0.0168. The molecule has 0 aliphatic carbocycles. The van der Waals surface area contributed by atoms with E-state index in [-0.39, 0.29) is 17.4 Å². The summed E-state index contributed by atoms with van der Waals surface area (Å²) in [5, 5.41) is 0.638. The first-order valence-electron chi connectivity index (χ1n) is 6.62. The fourth-order valence-electron chi connectivity index (χ4n) is 1.73. The predicted molar refractivity (Wildman–Crippen MR) is 92.4 cm³/mol. The highest BCUT2D eigenvalue weighted by molar-refractivity contribution is 7.92. The van der Waals surface area contributed by atoms with Crippen LogP contribution in [0.2, 0.25) is 10.0 Å². The maximum absolute atomic E-state index is 12.0. The Bertz CT molecular complexity index is 764. The number of benzene rings is 2. The Balaban J connectivity index is 1.89. The van der Waals surface area contributed by atoms with Crippen LogP contribution in [0.1, 0.15) is 0 Å². The van der Waals surface area contributed by atoms with Gasteiger partial charge in [-0.15, -0.1) is 0 Å². The second-order valence-electron chi connectivity index (χ2n) is 4.57. The van der Waals surface area contributed by atoms with Gasteiger partial charge in [0.2, 0.25) is 10.0 Å². The van der Waals surface area contributed by atoms with Gasteiger partial charge in [-0.25, -0.2) is 8.42 Å². The number of rotatable bonds is 7. The van der Waals surface area contributed by atoms with Crippen molar-refractivity contribution in [3.8, 4) is 11.5 Å². The quantitative estimate of drug-likeness (QED) is 0.798. The molecule has 0 unspecified atom stereocenters. The molecule has 0 radical (unpaired) electrons. The maximum Gasteiger partial charge on any atom is 0.236 e. The van der Waals surface area contributed by atoms with Crippen LogP contribution in [0.15, 0.2) is 42.5 Å². The number of nitrogens with one attached hydrogen (secondary N) is 1. The van der Waals surface area contributed by atoms with Crippen molar-refractivity contribution >= 4 is 38.9 Å². The van der Waals surface area contributed by atoms with Gasteiger partial charge in [-0.2, -0.15) is 0 Å². The van der Waals surface area contributed by atoms with Gasteiger partial charge in [-0.05, 0) is 42.5 Å². The van der Waals surface area contributed by atoms with Gasteiger partial charge in [-0.1, -0.05) is 23.2 Å². The first kappa shape index (κ1) is 17.7. The minimum Gasteiger partial charge on any atom is -0.497 e. The molecular formula is C15H15Cl2NO4S. The standard InChI is InChI=1S/C15H15Cl2NO4S/c1-21-12-3-5-13(6-4-12)22-8-9-23(19,20)18-11-2-7-14(16)15(17)10-11/h2-7,10,18H,8-9H2,1H3. The summed E-state index contributed by atoms with van der Waals surface area (Å²) in [6, 6.07) is 11.4. The SMILES string of the molecule is COc1ccc(OCCS(=O)(=O)Nc2ccc(Cl)c(Cl)c2)cc1. The molecule has 2 aromatic carbocycles. The summed E-state index contributed by atoms with van der Waals surface area (Å²) in [5.74, 6) is 1.07. The molecule has 0 atom stereocenters. The van der Waals surface area contributed by atoms with Crippen LogP contribution in [-0.4, -0.2) is 27.9 Å². The van der Waals surface area contributed by atoms with E-state index < -0.39 is 10.0 Å². The van der Waals surface area contributed by atoms with Crippen LogP contribution in [0, 0.1) is 0 Å². The number of sulfonamides is 1. The minimum absolute atomic E-state index is 0.0168. The lowest BCUT2D eigenvalue weighted by Gasteiger charge is -2.10. The van der Waals surface area contributed by atoms with Gasteiger partial charge < -0.3 is 9.47 Å². The molecule has 2 rings (SSSR count). The summed E-state index contributed by atoms with van der Waals surface area (Å²) in [4.78, 5) is 0. The molecular weight excluding hydrogens is 361 g/mol. The van der Waals surface area contributed by atoms with Gasteiger partial charge in [-0.3, -0.25) is 4.72 Å². The van der Waals surface area contributed by atoms with Gasteiger partial charge in [0.1, 0.15) is 23.9 Å². The third kappa shape index (κ3) is 5.49. The van der Waals surface area contributed by atoms with Gasteiger partial charge >= 0.3 is 0 Å². The fraction of sp³-hybridized carbons (Fsp3) is 0.200. The Hall–Kier alpha value is -1.63. The zero-order chi connectivity index (χ0) is 16.9. The Morgan fingerprint density at radius 3 is 2.26 bits per heavy atom. The van der Waals surface area contributed by atoms with Crippen LogP contribution in [0.3, 0.4) is 0 Å². The van der Waals surface area contributed by atoms with Crippen molar-refractivity contribution in [2.75, 3.05) is 24.2 Å². The van der Waals surface area contributed by atoms with E-state index in [4.69, 9.17) is 32.7 Å². The van der Waals surface area contributed by atoms with Crippen LogP contribution in [-0.2, 0) is 10.0 Å². The van der Waals surface area contributed by atoms with Crippen molar-refractivity contribution in [2.24, 2.45) is 0 Å². The smallest absolute Gasteiger partial charge is 0.236 e. The Morgan fingerprint density at radius 2 is 1.65 bits per heavy atom. The largest absolute Gasteiger partial charge is 0.497 e. The number of methoxy groups -OCH3 is 1. The second-order valence-corrected chi connectivity index (χ2v) is 7.23. The third-order valence-electron chi connectivity index (χ3n) is 2.87. The number of hydrogen-bond acceptors (Lipinski definition) is 4. The van der Waals surface area contributed by atoms with E-state index in [0.29, 0.717) is 22.2 Å². The molecule has 8 heteroatoms. The van der Waals surface area contributed by atoms with E-state index in [9.17, 15) is 8.42 Å². The Morgan fingerprint density at radius 1 is 1.00 bits per heavy atom. The summed E-state index contributed by atoms with van der Waals surface area (Å²) in [5.41, 5.74) is 0.351. The van der Waals surface area contributed by atoms with E-state index in [1.807, 2.05) is 0 Å². The van der Waals surface area contributed by atoms with E-state index in [1.165, 1.54) is 18.2 Å². The molecule has 0 spiro atoms. The summed E-state index contributed by atoms with van der Waals surface area (Å²) >= 11 is 11.6. The van der Waals surface area contributed by atoms with E-state index in [1.54, 1.807) is 31.4 Å². The molecule has 0 bridgehead atoms. The summed E-state index contributed by atoms with van der Waals surface area (Å²) < 4.78 is 36.8. The third-order valence-corrected chi connectivity index (χ3v) is 4.86. The lowest BCUT2D eigenvalue weighted by atomic mass is 10.3. The van der Waals surface area contributed by atoms with Crippen LogP contribution >= 0.6 is 23.2 Å². The molecule has 23 heavy (non-hydrogen) atoms. The number of halogens is 2. The molecule has 1 N–H and O–H groups in total. The van der Waals surface area contributed by atoms with Crippen LogP contribution in [0.4, 0.5) is 5.69 Å². The summed E-state index contributed by atoms with van der Waals surface area (Å²) in [6.07, 6.45) is 0. The molecule has 0 aliphatic rings. The highest BCUT2D eigenvalue weighted by Crippen LogP contribution is 2.25. The molecule has 0 fully saturated rings. The Labute approximate surface area is 145 Å². The molecule has 0 amide bonds. The first-order valence-corrected chi connectivity index (χ1v) is 9.03. The Kier molecular flexibility index (Phi) is 5.98. The zero-order valence-electron chi connectivity index (χ0n) is 12.3.